The summed E-state index contributed by atoms with van der Waals surface area (Å²) >= 11 is 2.65. The van der Waals surface area contributed by atoms with Crippen molar-refractivity contribution in [2.24, 2.45) is 12.8 Å². The molecule has 3 aliphatic heterocycles. The molecule has 5 aromatic rings. The number of nitrogens with two attached hydrogens (primary N) is 1. The van der Waals surface area contributed by atoms with Crippen molar-refractivity contribution in [1.29, 1.82) is 0 Å². The number of aryl methyl sites for hydroxylation is 2. The van der Waals surface area contributed by atoms with Crippen molar-refractivity contribution in [3.8, 4) is 0 Å². The number of amides is 6. The van der Waals surface area contributed by atoms with E-state index >= 15 is 0 Å². The van der Waals surface area contributed by atoms with Crippen LogP contribution in [-0.4, -0.2) is 126 Å². The van der Waals surface area contributed by atoms with E-state index in [-0.39, 0.29) is 36.0 Å². The minimum atomic E-state index is -4.02. The molecule has 8 rings (SSSR count). The highest BCUT2D eigenvalue weighted by Crippen LogP contribution is 2.43. The van der Waals surface area contributed by atoms with E-state index in [0.717, 1.165) is 27.2 Å². The molecule has 1 aromatic heterocycles. The summed E-state index contributed by atoms with van der Waals surface area (Å²) in [5.74, 6) is -3.28. The van der Waals surface area contributed by atoms with E-state index in [1.54, 1.807) is 50.4 Å². The van der Waals surface area contributed by atoms with Gasteiger partial charge in [0.25, 0.3) is 16.0 Å². The number of carbonyl (C=O) groups excluding carboxylic acids is 6. The van der Waals surface area contributed by atoms with Gasteiger partial charge in [-0.25, -0.2) is 14.3 Å². The van der Waals surface area contributed by atoms with E-state index in [0.29, 0.717) is 28.6 Å². The van der Waals surface area contributed by atoms with Gasteiger partial charge < -0.3 is 26.0 Å². The molecule has 0 radical (unpaired) electrons. The fourth-order valence-electron chi connectivity index (χ4n) is 7.49. The van der Waals surface area contributed by atoms with Gasteiger partial charge in [0.05, 0.1) is 4.90 Å². The van der Waals surface area contributed by atoms with Crippen molar-refractivity contribution in [2.75, 3.05) is 31.1 Å². The Bertz CT molecular complexity index is 2810. The number of β-lactam (4-membered cyclic amide) rings is 1. The molecule has 0 aliphatic carbocycles. The van der Waals surface area contributed by atoms with Crippen LogP contribution in [0.5, 0.6) is 0 Å². The average Bonchev–Trinajstić information content (AvgIpc) is 3.78. The maximum Gasteiger partial charge on any atom is 0.356 e. The SMILES string of the molecule is CCN1CCN(C(=O)N[C@H](C(=O)N[C@@H]2C(=O)N3C(C(=O)OC(c4ccccc4)c4ccccc4)=C(CSc4nnnn4C)CS[C@H]23)c2ccc(CN)cc2)C(=O)C1=O.Cc1ccc(S(=O)(=O)O)cc1. The van der Waals surface area contributed by atoms with Crippen LogP contribution in [0.2, 0.25) is 0 Å². The summed E-state index contributed by atoms with van der Waals surface area (Å²) in [4.78, 5) is 85.1. The van der Waals surface area contributed by atoms with E-state index < -0.39 is 69.3 Å². The molecule has 0 unspecified atom stereocenters. The number of nitrogens with one attached hydrogen (secondary N) is 2. The maximum absolute atomic E-state index is 14.4. The van der Waals surface area contributed by atoms with E-state index in [9.17, 15) is 37.2 Å². The quantitative estimate of drug-likeness (QED) is 0.0409. The Morgan fingerprint density at radius 1 is 0.899 bits per heavy atom. The van der Waals surface area contributed by atoms with Crippen molar-refractivity contribution in [2.45, 2.75) is 54.0 Å². The number of tetrazole rings is 1. The third kappa shape index (κ3) is 11.5. The molecule has 20 nitrogen and oxygen atoms in total. The largest absolute Gasteiger partial charge is 0.448 e. The van der Waals surface area contributed by atoms with Gasteiger partial charge in [-0.05, 0) is 64.2 Å². The number of esters is 1. The van der Waals surface area contributed by atoms with Gasteiger partial charge in [-0.2, -0.15) is 8.42 Å². The van der Waals surface area contributed by atoms with Gasteiger partial charge in [-0.3, -0.25) is 33.5 Å². The molecule has 2 saturated heterocycles. The number of ether oxygens (including phenoxy) is 1. The van der Waals surface area contributed by atoms with Crippen molar-refractivity contribution in [3.63, 3.8) is 0 Å². The normalized spacial score (nSPS) is 17.4. The summed E-state index contributed by atoms with van der Waals surface area (Å²) in [7, 11) is -2.32. The molecular formula is C46H48N10O10S3. The molecule has 0 bridgehead atoms. The highest BCUT2D eigenvalue weighted by atomic mass is 32.2. The van der Waals surface area contributed by atoms with Crippen molar-refractivity contribution >= 4 is 69.3 Å². The Balaban J connectivity index is 0.000000563. The summed E-state index contributed by atoms with van der Waals surface area (Å²) in [6, 6.07) is 27.8. The minimum absolute atomic E-state index is 0.0616. The van der Waals surface area contributed by atoms with E-state index in [2.05, 4.69) is 26.2 Å². The van der Waals surface area contributed by atoms with Crippen LogP contribution in [0, 0.1) is 6.92 Å². The molecule has 6 amide bonds. The lowest BCUT2D eigenvalue weighted by Crippen LogP contribution is -2.71. The van der Waals surface area contributed by atoms with Gasteiger partial charge in [-0.15, -0.1) is 16.9 Å². The zero-order chi connectivity index (χ0) is 49.4. The number of urea groups is 1. The number of hydrogen-bond acceptors (Lipinski definition) is 15. The van der Waals surface area contributed by atoms with Crippen LogP contribution >= 0.6 is 23.5 Å². The Morgan fingerprint density at radius 3 is 2.10 bits per heavy atom. The fraction of sp³-hybridized carbons (Fsp3) is 0.283. The highest BCUT2D eigenvalue weighted by Gasteiger charge is 2.55. The van der Waals surface area contributed by atoms with E-state index in [1.807, 2.05) is 67.6 Å². The molecule has 0 spiro atoms. The number of likely N-dealkylation sites (N-methyl/N-ethyl adjacent to an activating group) is 1. The van der Waals surface area contributed by atoms with Crippen LogP contribution in [0.15, 0.2) is 131 Å². The van der Waals surface area contributed by atoms with Gasteiger partial charge in [0.1, 0.15) is 23.2 Å². The molecule has 360 valence electrons. The number of carbonyl (C=O) groups is 6. The average molecular weight is 997 g/mol. The lowest BCUT2D eigenvalue weighted by molar-refractivity contribution is -0.155. The Labute approximate surface area is 405 Å². The number of imide groups is 1. The molecule has 0 saturated carbocycles. The molecule has 3 aliphatic rings. The van der Waals surface area contributed by atoms with E-state index in [4.69, 9.17) is 15.0 Å². The molecule has 5 N–H and O–H groups in total. The fourth-order valence-corrected chi connectivity index (χ4v) is 10.3. The molecule has 3 atom stereocenters. The van der Waals surface area contributed by atoms with Crippen LogP contribution in [0.4, 0.5) is 4.79 Å². The van der Waals surface area contributed by atoms with Crippen LogP contribution in [-0.2, 0) is 52.4 Å². The number of benzene rings is 4. The predicted molar refractivity (Wildman–Crippen MR) is 253 cm³/mol. The maximum atomic E-state index is 14.4. The third-order valence-electron chi connectivity index (χ3n) is 11.3. The van der Waals surface area contributed by atoms with Gasteiger partial charge in [0.2, 0.25) is 11.1 Å². The first-order valence-electron chi connectivity index (χ1n) is 21.5. The standard InChI is InChI=1S/C39H40N10O7S2.C7H8O3S/c1-3-47-18-19-48(35(53)34(47)52)38(55)42-28(24-16-14-23(20-40)15-17-24)32(50)41-29-33(51)49-30(27(21-57-36(29)49)22-58-39-43-44-45-46(39)2)37(54)56-31(25-10-6-4-7-11-25)26-12-8-5-9-13-26;1-6-2-4-7(5-3-6)11(8,9)10/h4-17,28-29,31,36H,3,18-22,40H2,1-2H3,(H,41,50)(H,42,55);2-5H,1H3,(H,8,9,10)/t28-,29+,36+;/m0./s1. The van der Waals surface area contributed by atoms with Gasteiger partial charge in [0, 0.05) is 44.7 Å². The molecular weight excluding hydrogens is 949 g/mol. The second-order valence-corrected chi connectivity index (χ2v) is 19.3. The first-order valence-corrected chi connectivity index (χ1v) is 24.9. The summed E-state index contributed by atoms with van der Waals surface area (Å²) in [6.45, 7) is 4.19. The van der Waals surface area contributed by atoms with Gasteiger partial charge >= 0.3 is 23.8 Å². The zero-order valence-corrected chi connectivity index (χ0v) is 39.9. The molecule has 2 fully saturated rings. The number of fused-ring (bicyclic) bond motifs is 1. The summed E-state index contributed by atoms with van der Waals surface area (Å²) < 4.78 is 37.3. The van der Waals surface area contributed by atoms with Gasteiger partial charge in [0.15, 0.2) is 6.10 Å². The lowest BCUT2D eigenvalue weighted by atomic mass is 9.99. The first kappa shape index (κ1) is 50.0. The van der Waals surface area contributed by atoms with Crippen LogP contribution in [0.1, 0.15) is 46.9 Å². The molecule has 4 aromatic carbocycles. The van der Waals surface area contributed by atoms with Crippen LogP contribution in [0.25, 0.3) is 0 Å². The Morgan fingerprint density at radius 2 is 1.54 bits per heavy atom. The number of rotatable bonds is 14. The summed E-state index contributed by atoms with van der Waals surface area (Å²) in [6.07, 6.45) is -0.790. The number of thioether (sulfide) groups is 2. The number of hydrogen-bond donors (Lipinski definition) is 4. The second kappa shape index (κ2) is 22.0. The third-order valence-corrected chi connectivity index (χ3v) is 14.6. The second-order valence-electron chi connectivity index (χ2n) is 15.8. The van der Waals surface area contributed by atoms with Crippen LogP contribution in [0.3, 0.4) is 0 Å². The first-order chi connectivity index (χ1) is 33.1. The van der Waals surface area contributed by atoms with Crippen molar-refractivity contribution in [1.82, 2.24) is 45.5 Å². The predicted octanol–water partition coefficient (Wildman–Crippen LogP) is 3.13. The van der Waals surface area contributed by atoms with Gasteiger partial charge in [-0.1, -0.05) is 114 Å². The van der Waals surface area contributed by atoms with E-state index in [1.165, 1.54) is 50.1 Å². The highest BCUT2D eigenvalue weighted by molar-refractivity contribution is 8.01. The zero-order valence-electron chi connectivity index (χ0n) is 37.5. The Kier molecular flexibility index (Phi) is 15.9. The number of aromatic nitrogens is 4. The topological polar surface area (TPSA) is 269 Å². The lowest BCUT2D eigenvalue weighted by Gasteiger charge is -2.50. The molecule has 4 heterocycles. The minimum Gasteiger partial charge on any atom is -0.448 e. The molecule has 69 heavy (non-hydrogen) atoms. The summed E-state index contributed by atoms with van der Waals surface area (Å²) in [5.41, 5.74) is 10.0. The van der Waals surface area contributed by atoms with Crippen molar-refractivity contribution < 1.29 is 46.5 Å². The molecule has 23 heteroatoms. The van der Waals surface area contributed by atoms with Crippen LogP contribution < -0.4 is 16.4 Å². The number of piperazine rings is 1. The van der Waals surface area contributed by atoms with Crippen molar-refractivity contribution in [3.05, 3.63) is 148 Å². The smallest absolute Gasteiger partial charge is 0.356 e. The Hall–Kier alpha value is -6.92. The monoisotopic (exact) mass is 996 g/mol. The number of nitrogens with zero attached hydrogens (tertiary/aromatic N) is 7. The summed E-state index contributed by atoms with van der Waals surface area (Å²) in [5, 5.41) is 16.8.